The zero-order valence-corrected chi connectivity index (χ0v) is 14.1. The van der Waals surface area contributed by atoms with Crippen LogP contribution in [0, 0.1) is 5.92 Å². The van der Waals surface area contributed by atoms with E-state index in [1.165, 1.54) is 18.6 Å². The van der Waals surface area contributed by atoms with Crippen LogP contribution in [0.1, 0.15) is 23.3 Å². The van der Waals surface area contributed by atoms with Crippen molar-refractivity contribution >= 4 is 17.5 Å². The molecule has 2 aliphatic heterocycles. The number of carbonyl (C=O) groups excluding carboxylic acids is 2. The van der Waals surface area contributed by atoms with Gasteiger partial charge in [0.2, 0.25) is 12.7 Å². The van der Waals surface area contributed by atoms with E-state index in [9.17, 15) is 9.59 Å². The molecule has 4 rings (SSSR count). The molecule has 0 saturated carbocycles. The Morgan fingerprint density at radius 1 is 1.12 bits per heavy atom. The molecule has 0 aliphatic carbocycles. The van der Waals surface area contributed by atoms with E-state index < -0.39 is 0 Å². The van der Waals surface area contributed by atoms with Crippen LogP contribution in [0.4, 0.5) is 5.69 Å². The third-order valence-corrected chi connectivity index (χ3v) is 4.58. The smallest absolute Gasteiger partial charge is 0.274 e. The number of rotatable bonds is 3. The number of carbonyl (C=O) groups is 2. The molecule has 8 heteroatoms. The second-order valence-corrected chi connectivity index (χ2v) is 6.21. The summed E-state index contributed by atoms with van der Waals surface area (Å²) in [5.41, 5.74) is 1.01. The van der Waals surface area contributed by atoms with Crippen molar-refractivity contribution in [3.8, 4) is 11.5 Å². The average Bonchev–Trinajstić information content (AvgIpc) is 3.16. The first-order valence-corrected chi connectivity index (χ1v) is 8.46. The maximum absolute atomic E-state index is 12.5. The number of anilines is 1. The number of nitrogens with one attached hydrogen (secondary N) is 1. The molecule has 1 aromatic heterocycles. The van der Waals surface area contributed by atoms with Crippen LogP contribution < -0.4 is 14.8 Å². The van der Waals surface area contributed by atoms with E-state index in [-0.39, 0.29) is 24.5 Å². The third-order valence-electron chi connectivity index (χ3n) is 4.58. The van der Waals surface area contributed by atoms with Crippen LogP contribution in [0.25, 0.3) is 0 Å². The minimum absolute atomic E-state index is 0.0459. The van der Waals surface area contributed by atoms with Crippen molar-refractivity contribution in [3.63, 3.8) is 0 Å². The van der Waals surface area contributed by atoms with Gasteiger partial charge in [0.05, 0.1) is 6.20 Å². The number of nitrogens with zero attached hydrogens (tertiary/aromatic N) is 3. The molecule has 0 atom stereocenters. The maximum Gasteiger partial charge on any atom is 0.274 e. The van der Waals surface area contributed by atoms with E-state index in [4.69, 9.17) is 9.47 Å². The summed E-state index contributed by atoms with van der Waals surface area (Å²) in [5, 5.41) is 2.92. The number of amides is 2. The van der Waals surface area contributed by atoms with Crippen molar-refractivity contribution in [1.29, 1.82) is 0 Å². The average molecular weight is 354 g/mol. The van der Waals surface area contributed by atoms with Crippen LogP contribution >= 0.6 is 0 Å². The second kappa shape index (κ2) is 6.99. The van der Waals surface area contributed by atoms with Crippen molar-refractivity contribution in [2.75, 3.05) is 25.2 Å². The first-order valence-electron chi connectivity index (χ1n) is 8.46. The molecule has 1 N–H and O–H groups in total. The van der Waals surface area contributed by atoms with E-state index in [0.717, 1.165) is 0 Å². The summed E-state index contributed by atoms with van der Waals surface area (Å²) in [5.74, 6) is 0.987. The molecule has 26 heavy (non-hydrogen) atoms. The number of aromatic nitrogens is 2. The Morgan fingerprint density at radius 3 is 2.69 bits per heavy atom. The van der Waals surface area contributed by atoms with Gasteiger partial charge in [-0.2, -0.15) is 0 Å². The molecule has 1 aromatic carbocycles. The molecule has 8 nitrogen and oxygen atoms in total. The minimum Gasteiger partial charge on any atom is -0.454 e. The standard InChI is InChI=1S/C18H18N4O4/c23-17(21-13-1-2-15-16(9-13)26-11-25-15)12-3-7-22(8-4-12)18(24)14-10-19-5-6-20-14/h1-2,5-6,9-10,12H,3-4,7-8,11H2,(H,21,23). The number of ether oxygens (including phenoxy) is 2. The van der Waals surface area contributed by atoms with Crippen LogP contribution in [0.2, 0.25) is 0 Å². The molecular weight excluding hydrogens is 336 g/mol. The zero-order valence-electron chi connectivity index (χ0n) is 14.1. The number of likely N-dealkylation sites (tertiary alicyclic amines) is 1. The second-order valence-electron chi connectivity index (χ2n) is 6.21. The Kier molecular flexibility index (Phi) is 4.39. The van der Waals surface area contributed by atoms with Crippen molar-refractivity contribution in [2.24, 2.45) is 5.92 Å². The van der Waals surface area contributed by atoms with Gasteiger partial charge in [0.15, 0.2) is 11.5 Å². The Labute approximate surface area is 150 Å². The monoisotopic (exact) mass is 354 g/mol. The summed E-state index contributed by atoms with van der Waals surface area (Å²) in [7, 11) is 0. The van der Waals surface area contributed by atoms with Crippen LogP contribution in [0.15, 0.2) is 36.8 Å². The lowest BCUT2D eigenvalue weighted by atomic mass is 9.95. The lowest BCUT2D eigenvalue weighted by molar-refractivity contribution is -0.121. The molecule has 134 valence electrons. The van der Waals surface area contributed by atoms with E-state index in [0.29, 0.717) is 48.8 Å². The van der Waals surface area contributed by atoms with Gasteiger partial charge >= 0.3 is 0 Å². The molecule has 3 heterocycles. The van der Waals surface area contributed by atoms with Crippen molar-refractivity contribution in [3.05, 3.63) is 42.5 Å². The zero-order chi connectivity index (χ0) is 17.9. The normalized spacial score (nSPS) is 16.4. The predicted molar refractivity (Wildman–Crippen MR) is 91.9 cm³/mol. The Hall–Kier alpha value is -3.16. The predicted octanol–water partition coefficient (Wildman–Crippen LogP) is 1.70. The number of hydrogen-bond acceptors (Lipinski definition) is 6. The first kappa shape index (κ1) is 16.3. The molecule has 2 aromatic rings. The van der Waals surface area contributed by atoms with Crippen LogP contribution in [0.5, 0.6) is 11.5 Å². The summed E-state index contributed by atoms with van der Waals surface area (Å²) < 4.78 is 10.6. The van der Waals surface area contributed by atoms with Crippen LogP contribution in [0.3, 0.4) is 0 Å². The van der Waals surface area contributed by atoms with Gasteiger partial charge in [-0.15, -0.1) is 0 Å². The molecule has 0 bridgehead atoms. The highest BCUT2D eigenvalue weighted by Gasteiger charge is 2.28. The Morgan fingerprint density at radius 2 is 1.92 bits per heavy atom. The molecule has 2 aliphatic rings. The molecule has 1 saturated heterocycles. The Balaban J connectivity index is 1.33. The fourth-order valence-corrected chi connectivity index (χ4v) is 3.13. The molecule has 0 radical (unpaired) electrons. The molecular formula is C18H18N4O4. The fraction of sp³-hybridized carbons (Fsp3) is 0.333. The number of fused-ring (bicyclic) bond motifs is 1. The van der Waals surface area contributed by atoms with Gasteiger partial charge in [-0.1, -0.05) is 0 Å². The summed E-state index contributed by atoms with van der Waals surface area (Å²) in [6.07, 6.45) is 5.72. The van der Waals surface area contributed by atoms with Crippen LogP contribution in [-0.2, 0) is 4.79 Å². The van der Waals surface area contributed by atoms with Gasteiger partial charge in [-0.25, -0.2) is 4.98 Å². The van der Waals surface area contributed by atoms with E-state index >= 15 is 0 Å². The Bertz CT molecular complexity index is 819. The van der Waals surface area contributed by atoms with E-state index in [2.05, 4.69) is 15.3 Å². The fourth-order valence-electron chi connectivity index (χ4n) is 3.13. The third kappa shape index (κ3) is 3.30. The molecule has 0 unspecified atom stereocenters. The van der Waals surface area contributed by atoms with Gasteiger partial charge < -0.3 is 19.7 Å². The highest BCUT2D eigenvalue weighted by molar-refractivity contribution is 5.94. The van der Waals surface area contributed by atoms with Crippen molar-refractivity contribution < 1.29 is 19.1 Å². The minimum atomic E-state index is -0.146. The lowest BCUT2D eigenvalue weighted by Crippen LogP contribution is -2.41. The summed E-state index contributed by atoms with van der Waals surface area (Å²) in [6, 6.07) is 5.32. The highest BCUT2D eigenvalue weighted by Crippen LogP contribution is 2.34. The van der Waals surface area contributed by atoms with E-state index in [1.807, 2.05) is 0 Å². The maximum atomic E-state index is 12.5. The first-order chi connectivity index (χ1) is 12.7. The van der Waals surface area contributed by atoms with Gasteiger partial charge in [0.25, 0.3) is 5.91 Å². The van der Waals surface area contributed by atoms with Gasteiger partial charge in [-0.05, 0) is 25.0 Å². The molecule has 0 spiro atoms. The number of benzene rings is 1. The number of piperidine rings is 1. The topological polar surface area (TPSA) is 93.7 Å². The SMILES string of the molecule is O=C(Nc1ccc2c(c1)OCO2)C1CCN(C(=O)c2cnccn2)CC1. The van der Waals surface area contributed by atoms with Crippen LogP contribution in [-0.4, -0.2) is 46.6 Å². The van der Waals surface area contributed by atoms with Gasteiger partial charge in [0, 0.05) is 43.2 Å². The summed E-state index contributed by atoms with van der Waals surface area (Å²) in [4.78, 5) is 34.6. The van der Waals surface area contributed by atoms with Gasteiger partial charge in [-0.3, -0.25) is 14.6 Å². The number of hydrogen-bond donors (Lipinski definition) is 1. The molecule has 2 amide bonds. The summed E-state index contributed by atoms with van der Waals surface area (Å²) >= 11 is 0. The highest BCUT2D eigenvalue weighted by atomic mass is 16.7. The molecule has 1 fully saturated rings. The quantitative estimate of drug-likeness (QED) is 0.902. The lowest BCUT2D eigenvalue weighted by Gasteiger charge is -2.31. The largest absolute Gasteiger partial charge is 0.454 e. The van der Waals surface area contributed by atoms with Crippen molar-refractivity contribution in [1.82, 2.24) is 14.9 Å². The van der Waals surface area contributed by atoms with Crippen molar-refractivity contribution in [2.45, 2.75) is 12.8 Å². The van der Waals surface area contributed by atoms with E-state index in [1.54, 1.807) is 23.1 Å². The van der Waals surface area contributed by atoms with Gasteiger partial charge in [0.1, 0.15) is 5.69 Å². The summed E-state index contributed by atoms with van der Waals surface area (Å²) in [6.45, 7) is 1.24.